The Balaban J connectivity index is 2.05. The molecule has 0 aliphatic carbocycles. The maximum Gasteiger partial charge on any atom is 0.0672 e. The summed E-state index contributed by atoms with van der Waals surface area (Å²) in [5.74, 6) is 2.34. The highest BCUT2D eigenvalue weighted by Crippen LogP contribution is 2.32. The minimum atomic E-state index is 0.538. The van der Waals surface area contributed by atoms with E-state index in [1.54, 1.807) is 0 Å². The maximum atomic E-state index is 6.15. The van der Waals surface area contributed by atoms with E-state index < -0.39 is 0 Å². The van der Waals surface area contributed by atoms with Gasteiger partial charge in [-0.25, -0.2) is 0 Å². The molecule has 0 saturated carbocycles. The molecule has 3 N–H and O–H groups in total. The van der Waals surface area contributed by atoms with Crippen LogP contribution in [0.2, 0.25) is 0 Å². The van der Waals surface area contributed by atoms with Gasteiger partial charge in [-0.05, 0) is 19.1 Å². The zero-order valence-corrected chi connectivity index (χ0v) is 10.6. The van der Waals surface area contributed by atoms with Gasteiger partial charge in [-0.2, -0.15) is 16.9 Å². The third kappa shape index (κ3) is 1.84. The van der Waals surface area contributed by atoms with Gasteiger partial charge in [0.1, 0.15) is 0 Å². The Labute approximate surface area is 105 Å². The molecule has 0 amide bonds. The van der Waals surface area contributed by atoms with Crippen molar-refractivity contribution in [3.05, 3.63) is 18.3 Å². The van der Waals surface area contributed by atoms with Gasteiger partial charge in [-0.15, -0.1) is 0 Å². The number of nitrogen functional groups attached to an aromatic ring is 1. The van der Waals surface area contributed by atoms with Crippen molar-refractivity contribution in [3.63, 3.8) is 0 Å². The van der Waals surface area contributed by atoms with Crippen molar-refractivity contribution < 1.29 is 0 Å². The summed E-state index contributed by atoms with van der Waals surface area (Å²) in [4.78, 5) is 2.39. The smallest absolute Gasteiger partial charge is 0.0672 e. The molecular weight excluding hydrogens is 232 g/mol. The highest BCUT2D eigenvalue weighted by atomic mass is 32.2. The predicted octanol–water partition coefficient (Wildman–Crippen LogP) is 2.09. The number of thioether (sulfide) groups is 1. The molecule has 2 heterocycles. The Morgan fingerprint density at radius 1 is 1.53 bits per heavy atom. The van der Waals surface area contributed by atoms with E-state index in [-0.39, 0.29) is 0 Å². The monoisotopic (exact) mass is 248 g/mol. The molecule has 17 heavy (non-hydrogen) atoms. The molecule has 1 unspecified atom stereocenters. The van der Waals surface area contributed by atoms with E-state index in [2.05, 4.69) is 28.1 Å². The fraction of sp³-hybridized carbons (Fsp3) is 0.417. The Bertz CT molecular complexity index is 536. The van der Waals surface area contributed by atoms with Crippen LogP contribution < -0.4 is 10.6 Å². The van der Waals surface area contributed by atoms with Gasteiger partial charge in [0.05, 0.1) is 23.1 Å². The molecule has 0 spiro atoms. The van der Waals surface area contributed by atoms with Crippen LogP contribution in [-0.2, 0) is 0 Å². The van der Waals surface area contributed by atoms with E-state index in [1.165, 1.54) is 11.5 Å². The summed E-state index contributed by atoms with van der Waals surface area (Å²) in [5.41, 5.74) is 9.18. The van der Waals surface area contributed by atoms with Crippen molar-refractivity contribution in [1.29, 1.82) is 0 Å². The number of fused-ring (bicyclic) bond motifs is 1. The molecular formula is C12H16N4S. The SMILES string of the molecule is CC1CSCCN1c1cc2[nH]ncc2cc1N. The van der Waals surface area contributed by atoms with Crippen molar-refractivity contribution in [2.75, 3.05) is 28.7 Å². The third-order valence-electron chi connectivity index (χ3n) is 3.26. The van der Waals surface area contributed by atoms with Crippen LogP contribution in [-0.4, -0.2) is 34.3 Å². The number of anilines is 2. The maximum absolute atomic E-state index is 6.15. The third-order valence-corrected chi connectivity index (χ3v) is 4.45. The van der Waals surface area contributed by atoms with Crippen LogP contribution in [0.25, 0.3) is 10.9 Å². The predicted molar refractivity (Wildman–Crippen MR) is 74.6 cm³/mol. The minimum Gasteiger partial charge on any atom is -0.397 e. The minimum absolute atomic E-state index is 0.538. The van der Waals surface area contributed by atoms with Gasteiger partial charge in [0.25, 0.3) is 0 Å². The molecule has 0 bridgehead atoms. The summed E-state index contributed by atoms with van der Waals surface area (Å²) in [5, 5.41) is 8.12. The summed E-state index contributed by atoms with van der Waals surface area (Å²) < 4.78 is 0. The van der Waals surface area contributed by atoms with Crippen molar-refractivity contribution in [2.45, 2.75) is 13.0 Å². The molecule has 0 radical (unpaired) electrons. The molecule has 90 valence electrons. The molecule has 1 aromatic heterocycles. The second-order valence-corrected chi connectivity index (χ2v) is 5.64. The number of nitrogens with zero attached hydrogens (tertiary/aromatic N) is 2. The Morgan fingerprint density at radius 3 is 3.24 bits per heavy atom. The molecule has 1 fully saturated rings. The highest BCUT2D eigenvalue weighted by molar-refractivity contribution is 7.99. The van der Waals surface area contributed by atoms with Gasteiger partial charge in [-0.1, -0.05) is 0 Å². The average Bonchev–Trinajstić information content (AvgIpc) is 2.76. The van der Waals surface area contributed by atoms with Gasteiger partial charge < -0.3 is 10.6 Å². The van der Waals surface area contributed by atoms with Crippen LogP contribution in [0, 0.1) is 0 Å². The molecule has 5 heteroatoms. The zero-order chi connectivity index (χ0) is 11.8. The Hall–Kier alpha value is -1.36. The largest absolute Gasteiger partial charge is 0.397 e. The molecule has 2 aromatic rings. The average molecular weight is 248 g/mol. The van der Waals surface area contributed by atoms with Gasteiger partial charge in [0, 0.05) is 29.5 Å². The molecule has 1 aliphatic heterocycles. The van der Waals surface area contributed by atoms with Gasteiger partial charge >= 0.3 is 0 Å². The van der Waals surface area contributed by atoms with Crippen molar-refractivity contribution >= 4 is 34.0 Å². The van der Waals surface area contributed by atoms with Crippen LogP contribution in [0.3, 0.4) is 0 Å². The van der Waals surface area contributed by atoms with E-state index >= 15 is 0 Å². The first-order valence-corrected chi connectivity index (χ1v) is 6.98. The summed E-state index contributed by atoms with van der Waals surface area (Å²) in [6, 6.07) is 4.66. The van der Waals surface area contributed by atoms with Gasteiger partial charge in [-0.3, -0.25) is 5.10 Å². The van der Waals surface area contributed by atoms with Gasteiger partial charge in [0.15, 0.2) is 0 Å². The van der Waals surface area contributed by atoms with Crippen LogP contribution >= 0.6 is 11.8 Å². The molecule has 1 aliphatic rings. The topological polar surface area (TPSA) is 57.9 Å². The van der Waals surface area contributed by atoms with Crippen LogP contribution in [0.1, 0.15) is 6.92 Å². The lowest BCUT2D eigenvalue weighted by Crippen LogP contribution is -2.40. The summed E-state index contributed by atoms with van der Waals surface area (Å²) in [6.07, 6.45) is 1.81. The number of aromatic amines is 1. The number of hydrogen-bond donors (Lipinski definition) is 2. The van der Waals surface area contributed by atoms with E-state index in [9.17, 15) is 0 Å². The number of H-pyrrole nitrogens is 1. The Morgan fingerprint density at radius 2 is 2.41 bits per heavy atom. The van der Waals surface area contributed by atoms with E-state index in [4.69, 9.17) is 5.73 Å². The van der Waals surface area contributed by atoms with Crippen LogP contribution in [0.5, 0.6) is 0 Å². The van der Waals surface area contributed by atoms with E-state index in [0.717, 1.165) is 28.8 Å². The second kappa shape index (κ2) is 4.14. The first-order valence-electron chi connectivity index (χ1n) is 5.82. The fourth-order valence-electron chi connectivity index (χ4n) is 2.33. The summed E-state index contributed by atoms with van der Waals surface area (Å²) >= 11 is 2.01. The summed E-state index contributed by atoms with van der Waals surface area (Å²) in [6.45, 7) is 3.32. The Kier molecular flexibility index (Phi) is 2.63. The standard InChI is InChI=1S/C12H16N4S/c1-8-7-17-3-2-16(8)12-5-11-9(4-10(12)13)6-14-15-11/h4-6,8H,2-3,7,13H2,1H3,(H,14,15). The fourth-order valence-corrected chi connectivity index (χ4v) is 3.34. The number of benzene rings is 1. The first-order chi connectivity index (χ1) is 8.25. The molecule has 3 rings (SSSR count). The molecule has 4 nitrogen and oxygen atoms in total. The van der Waals surface area contributed by atoms with Crippen molar-refractivity contribution in [3.8, 4) is 0 Å². The highest BCUT2D eigenvalue weighted by Gasteiger charge is 2.21. The number of hydrogen-bond acceptors (Lipinski definition) is 4. The lowest BCUT2D eigenvalue weighted by atomic mass is 10.1. The van der Waals surface area contributed by atoms with Crippen molar-refractivity contribution in [1.82, 2.24) is 10.2 Å². The number of aromatic nitrogens is 2. The number of rotatable bonds is 1. The quantitative estimate of drug-likeness (QED) is 0.759. The number of nitrogens with one attached hydrogen (secondary N) is 1. The van der Waals surface area contributed by atoms with Crippen LogP contribution in [0.4, 0.5) is 11.4 Å². The lowest BCUT2D eigenvalue weighted by molar-refractivity contribution is 0.701. The first kappa shape index (κ1) is 10.8. The lowest BCUT2D eigenvalue weighted by Gasteiger charge is -2.35. The zero-order valence-electron chi connectivity index (χ0n) is 9.81. The van der Waals surface area contributed by atoms with E-state index in [0.29, 0.717) is 6.04 Å². The second-order valence-electron chi connectivity index (χ2n) is 4.49. The van der Waals surface area contributed by atoms with Gasteiger partial charge in [0.2, 0.25) is 0 Å². The normalized spacial score (nSPS) is 21.0. The molecule has 1 aromatic carbocycles. The van der Waals surface area contributed by atoms with Crippen LogP contribution in [0.15, 0.2) is 18.3 Å². The number of nitrogens with two attached hydrogens (primary N) is 1. The molecule has 1 saturated heterocycles. The van der Waals surface area contributed by atoms with E-state index in [1.807, 2.05) is 24.0 Å². The van der Waals surface area contributed by atoms with Crippen molar-refractivity contribution in [2.24, 2.45) is 0 Å². The molecule has 1 atom stereocenters. The summed E-state index contributed by atoms with van der Waals surface area (Å²) in [7, 11) is 0.